The molecule has 1 aromatic heterocycles. The largest absolute Gasteiger partial charge is 0.416 e. The van der Waals surface area contributed by atoms with Crippen LogP contribution in [0.15, 0.2) is 59.7 Å². The van der Waals surface area contributed by atoms with Crippen LogP contribution in [0.5, 0.6) is 0 Å². The number of ether oxygens (including phenoxy) is 1. The first-order chi connectivity index (χ1) is 17.8. The maximum absolute atomic E-state index is 13.3. The maximum atomic E-state index is 13.3. The van der Waals surface area contributed by atoms with E-state index in [0.717, 1.165) is 5.56 Å². The molecule has 1 aliphatic rings. The van der Waals surface area contributed by atoms with Crippen molar-refractivity contribution in [2.45, 2.75) is 49.3 Å². The third-order valence-corrected chi connectivity index (χ3v) is 6.89. The molecule has 1 fully saturated rings. The van der Waals surface area contributed by atoms with E-state index in [1.54, 1.807) is 30.3 Å². The van der Waals surface area contributed by atoms with E-state index in [9.17, 15) is 36.4 Å². The molecule has 1 saturated heterocycles. The monoisotopic (exact) mass is 539 g/mol. The van der Waals surface area contributed by atoms with E-state index in [4.69, 9.17) is 4.74 Å². The number of hydrogen-bond acceptors (Lipinski definition) is 5. The number of nitrogens with one attached hydrogen (secondary N) is 2. The average molecular weight is 539 g/mol. The number of benzene rings is 2. The van der Waals surface area contributed by atoms with Crippen LogP contribution >= 0.6 is 0 Å². The first-order valence-corrected chi connectivity index (χ1v) is 11.5. The first kappa shape index (κ1) is 27.4. The normalized spacial score (nSPS) is 23.1. The van der Waals surface area contributed by atoms with Gasteiger partial charge in [-0.2, -0.15) is 36.7 Å². The topological polar surface area (TPSA) is 95.7 Å². The Labute approximate surface area is 213 Å². The molecule has 0 radical (unpaired) electrons. The Morgan fingerprint density at radius 3 is 2.18 bits per heavy atom. The summed E-state index contributed by atoms with van der Waals surface area (Å²) >= 11 is 0. The van der Waals surface area contributed by atoms with Gasteiger partial charge < -0.3 is 10.1 Å². The molecule has 0 aliphatic carbocycles. The fourth-order valence-electron chi connectivity index (χ4n) is 4.61. The highest BCUT2D eigenvalue weighted by atomic mass is 19.4. The Hall–Kier alpha value is -3.63. The zero-order valence-corrected chi connectivity index (χ0v) is 20.0. The van der Waals surface area contributed by atoms with Gasteiger partial charge in [0.25, 0.3) is 0 Å². The first-order valence-electron chi connectivity index (χ1n) is 11.5. The van der Waals surface area contributed by atoms with Gasteiger partial charge in [-0.25, -0.2) is 9.89 Å². The number of piperidine rings is 1. The summed E-state index contributed by atoms with van der Waals surface area (Å²) in [6, 6.07) is 12.5. The van der Waals surface area contributed by atoms with Gasteiger partial charge in [0.1, 0.15) is 11.9 Å². The molecule has 3 atom stereocenters. The molecule has 0 spiro atoms. The number of hydrogen-bond donors (Lipinski definition) is 2. The zero-order chi connectivity index (χ0) is 27.8. The molecule has 0 bridgehead atoms. The van der Waals surface area contributed by atoms with Gasteiger partial charge >= 0.3 is 18.0 Å². The van der Waals surface area contributed by atoms with Gasteiger partial charge in [0.05, 0.1) is 35.4 Å². The Morgan fingerprint density at radius 1 is 1.08 bits per heavy atom. The molecule has 13 heteroatoms. The second-order valence-electron chi connectivity index (χ2n) is 9.27. The predicted octanol–water partition coefficient (Wildman–Crippen LogP) is 4.88. The highest BCUT2D eigenvalue weighted by molar-refractivity contribution is 5.35. The molecular weight excluding hydrogens is 516 g/mol. The third kappa shape index (κ3) is 5.32. The van der Waals surface area contributed by atoms with Crippen molar-refractivity contribution < 1.29 is 31.1 Å². The van der Waals surface area contributed by atoms with Crippen LogP contribution in [-0.4, -0.2) is 27.9 Å². The molecule has 202 valence electrons. The Morgan fingerprint density at radius 2 is 1.71 bits per heavy atom. The third-order valence-electron chi connectivity index (χ3n) is 6.89. The van der Waals surface area contributed by atoms with Crippen molar-refractivity contribution in [3.63, 3.8) is 0 Å². The molecule has 0 amide bonds. The molecule has 7 nitrogen and oxygen atoms in total. The summed E-state index contributed by atoms with van der Waals surface area (Å²) in [5, 5.41) is 19.1. The second-order valence-corrected chi connectivity index (χ2v) is 9.27. The molecular formula is C25H23F6N5O2. The van der Waals surface area contributed by atoms with Crippen molar-refractivity contribution in [2.75, 3.05) is 13.2 Å². The molecule has 0 saturated carbocycles. The van der Waals surface area contributed by atoms with Gasteiger partial charge in [-0.05, 0) is 49.1 Å². The number of alkyl halides is 6. The lowest BCUT2D eigenvalue weighted by molar-refractivity contribution is -0.143. The van der Waals surface area contributed by atoms with Crippen LogP contribution in [0, 0.1) is 11.3 Å². The molecule has 2 aromatic carbocycles. The lowest BCUT2D eigenvalue weighted by Crippen LogP contribution is -2.59. The highest BCUT2D eigenvalue weighted by Gasteiger charge is 2.46. The summed E-state index contributed by atoms with van der Waals surface area (Å²) in [7, 11) is 0. The number of aromatic nitrogens is 3. The smallest absolute Gasteiger partial charge is 0.372 e. The summed E-state index contributed by atoms with van der Waals surface area (Å²) in [4.78, 5) is 12.2. The van der Waals surface area contributed by atoms with Gasteiger partial charge in [-0.1, -0.05) is 30.3 Å². The Kier molecular flexibility index (Phi) is 7.15. The zero-order valence-electron chi connectivity index (χ0n) is 20.0. The number of H-pyrrole nitrogens is 1. The standard InChI is InChI=1S/C25H23F6N5O2/c1-16(17-9-19(24(26,27)28)11-20(10-17)25(29,30)31)38-14-23(18-5-3-2-4-6-18)8-7-22(12-32,13-33-23)36-15-34-35-21(36)37/h2-6,9-11,15-16,33H,7-8,13-14H2,1H3,(H,35,37)/t16?,22-,23+/m1/s1. The number of nitrogens with zero attached hydrogens (tertiary/aromatic N) is 3. The van der Waals surface area contributed by atoms with Gasteiger partial charge in [0, 0.05) is 6.54 Å². The number of halogens is 6. The quantitative estimate of drug-likeness (QED) is 0.436. The van der Waals surface area contributed by atoms with Crippen LogP contribution in [0.25, 0.3) is 0 Å². The van der Waals surface area contributed by atoms with E-state index < -0.39 is 46.4 Å². The molecule has 2 heterocycles. The Bertz CT molecular complexity index is 1330. The van der Waals surface area contributed by atoms with Crippen LogP contribution in [0.2, 0.25) is 0 Å². The van der Waals surface area contributed by atoms with E-state index in [2.05, 4.69) is 21.6 Å². The van der Waals surface area contributed by atoms with Crippen molar-refractivity contribution >= 4 is 0 Å². The van der Waals surface area contributed by atoms with Gasteiger partial charge in [-0.3, -0.25) is 4.57 Å². The molecule has 1 unspecified atom stereocenters. The van der Waals surface area contributed by atoms with E-state index in [1.165, 1.54) is 17.8 Å². The average Bonchev–Trinajstić information content (AvgIpc) is 3.33. The highest BCUT2D eigenvalue weighted by Crippen LogP contribution is 2.40. The van der Waals surface area contributed by atoms with E-state index in [0.29, 0.717) is 12.1 Å². The van der Waals surface area contributed by atoms with Crippen LogP contribution in [0.1, 0.15) is 48.1 Å². The van der Waals surface area contributed by atoms with E-state index >= 15 is 0 Å². The fourth-order valence-corrected chi connectivity index (χ4v) is 4.61. The van der Waals surface area contributed by atoms with Gasteiger partial charge in [0.15, 0.2) is 0 Å². The molecule has 1 aliphatic heterocycles. The minimum Gasteiger partial charge on any atom is -0.372 e. The Balaban J connectivity index is 1.63. The molecule has 38 heavy (non-hydrogen) atoms. The van der Waals surface area contributed by atoms with Crippen LogP contribution in [0.4, 0.5) is 26.3 Å². The lowest BCUT2D eigenvalue weighted by atomic mass is 9.76. The molecule has 3 aromatic rings. The van der Waals surface area contributed by atoms with Crippen molar-refractivity contribution in [3.8, 4) is 6.07 Å². The minimum absolute atomic E-state index is 0.0113. The van der Waals surface area contributed by atoms with Crippen molar-refractivity contribution in [3.05, 3.63) is 87.6 Å². The maximum Gasteiger partial charge on any atom is 0.416 e. The summed E-state index contributed by atoms with van der Waals surface area (Å²) in [5.41, 5.74) is -5.11. The van der Waals surface area contributed by atoms with Crippen LogP contribution < -0.4 is 11.0 Å². The van der Waals surface area contributed by atoms with Crippen molar-refractivity contribution in [1.82, 2.24) is 20.1 Å². The number of nitriles is 1. The van der Waals surface area contributed by atoms with Crippen LogP contribution in [-0.2, 0) is 28.2 Å². The molecule has 4 rings (SSSR count). The lowest BCUT2D eigenvalue weighted by Gasteiger charge is -2.45. The summed E-state index contributed by atoms with van der Waals surface area (Å²) < 4.78 is 87.1. The van der Waals surface area contributed by atoms with Crippen molar-refractivity contribution in [2.24, 2.45) is 0 Å². The van der Waals surface area contributed by atoms with E-state index in [1.807, 2.05) is 0 Å². The number of aromatic amines is 1. The van der Waals surface area contributed by atoms with Gasteiger partial charge in [-0.15, -0.1) is 0 Å². The van der Waals surface area contributed by atoms with Crippen LogP contribution in [0.3, 0.4) is 0 Å². The van der Waals surface area contributed by atoms with E-state index in [-0.39, 0.29) is 37.6 Å². The second kappa shape index (κ2) is 9.92. The van der Waals surface area contributed by atoms with Gasteiger partial charge in [0.2, 0.25) is 0 Å². The minimum atomic E-state index is -4.97. The predicted molar refractivity (Wildman–Crippen MR) is 123 cm³/mol. The molecule has 2 N–H and O–H groups in total. The fraction of sp³-hybridized carbons (Fsp3) is 0.400. The summed E-state index contributed by atoms with van der Waals surface area (Å²) in [6.07, 6.45) is -9.38. The van der Waals surface area contributed by atoms with Crippen molar-refractivity contribution in [1.29, 1.82) is 5.26 Å². The summed E-state index contributed by atoms with van der Waals surface area (Å²) in [5.74, 6) is 0. The SMILES string of the molecule is CC(OC[C@]1(c2ccccc2)CC[C@](C#N)(n2cn[nH]c2=O)CN1)c1cc(C(F)(F)F)cc(C(F)(F)F)c1. The number of rotatable bonds is 6. The summed E-state index contributed by atoms with van der Waals surface area (Å²) in [6.45, 7) is 1.26.